The Morgan fingerprint density at radius 1 is 1.09 bits per heavy atom. The summed E-state index contributed by atoms with van der Waals surface area (Å²) in [5.41, 5.74) is -0.524. The van der Waals surface area contributed by atoms with Gasteiger partial charge >= 0.3 is 0 Å². The SMILES string of the molecule is O=C(NC1CCC2C[C@@H]3CC(O)(C2)CC13)C1CCN(S(=O)(=O)c2ccc(Cl)cc2Cl)CC1. The summed E-state index contributed by atoms with van der Waals surface area (Å²) in [5.74, 6) is 1.30. The Hall–Kier alpha value is -0.860. The van der Waals surface area contributed by atoms with E-state index in [1.165, 1.54) is 28.9 Å². The highest BCUT2D eigenvalue weighted by Gasteiger charge is 2.53. The maximum Gasteiger partial charge on any atom is 0.244 e. The van der Waals surface area contributed by atoms with Crippen molar-refractivity contribution in [3.8, 4) is 0 Å². The van der Waals surface area contributed by atoms with E-state index in [9.17, 15) is 18.3 Å². The Morgan fingerprint density at radius 3 is 2.56 bits per heavy atom. The summed E-state index contributed by atoms with van der Waals surface area (Å²) in [4.78, 5) is 13.1. The maximum atomic E-state index is 13.1. The molecule has 6 nitrogen and oxygen atoms in total. The Labute approximate surface area is 199 Å². The van der Waals surface area contributed by atoms with E-state index in [1.54, 1.807) is 0 Å². The number of carbonyl (C=O) groups excluding carboxylic acids is 1. The second-order valence-corrected chi connectivity index (χ2v) is 13.1. The third-order valence-corrected chi connectivity index (χ3v) is 10.9. The largest absolute Gasteiger partial charge is 0.390 e. The average Bonchev–Trinajstić information content (AvgIpc) is 2.92. The molecular formula is C23H30Cl2N2O4S. The minimum absolute atomic E-state index is 0.0322. The second-order valence-electron chi connectivity index (χ2n) is 10.3. The number of nitrogens with zero attached hydrogens (tertiary/aromatic N) is 1. The lowest BCUT2D eigenvalue weighted by Gasteiger charge is -2.34. The first kappa shape index (κ1) is 22.9. The van der Waals surface area contributed by atoms with Gasteiger partial charge in [0, 0.05) is 30.1 Å². The number of amides is 1. The minimum Gasteiger partial charge on any atom is -0.390 e. The summed E-state index contributed by atoms with van der Waals surface area (Å²) in [5, 5.41) is 14.7. The van der Waals surface area contributed by atoms with Crippen LogP contribution in [-0.4, -0.2) is 48.5 Å². The molecule has 4 aliphatic rings. The minimum atomic E-state index is -3.73. The van der Waals surface area contributed by atoms with Gasteiger partial charge in [-0.05, 0) is 87.3 Å². The highest BCUT2D eigenvalue weighted by molar-refractivity contribution is 7.89. The topological polar surface area (TPSA) is 86.7 Å². The Bertz CT molecular complexity index is 1010. The summed E-state index contributed by atoms with van der Waals surface area (Å²) in [6.45, 7) is 0.579. The molecule has 3 bridgehead atoms. The smallest absolute Gasteiger partial charge is 0.244 e. The van der Waals surface area contributed by atoms with Gasteiger partial charge in [-0.1, -0.05) is 23.2 Å². The molecule has 3 saturated carbocycles. The first-order chi connectivity index (χ1) is 15.1. The molecule has 0 radical (unpaired) electrons. The molecule has 176 valence electrons. The molecule has 3 aliphatic carbocycles. The van der Waals surface area contributed by atoms with E-state index in [-0.39, 0.29) is 40.9 Å². The zero-order chi connectivity index (χ0) is 22.7. The molecule has 1 heterocycles. The molecule has 1 amide bonds. The Kier molecular flexibility index (Phi) is 6.03. The predicted molar refractivity (Wildman–Crippen MR) is 123 cm³/mol. The van der Waals surface area contributed by atoms with E-state index < -0.39 is 15.6 Å². The van der Waals surface area contributed by atoms with Crippen LogP contribution in [0.1, 0.15) is 51.4 Å². The normalized spacial score (nSPS) is 35.6. The monoisotopic (exact) mass is 500 g/mol. The van der Waals surface area contributed by atoms with Gasteiger partial charge in [-0.2, -0.15) is 4.31 Å². The summed E-state index contributed by atoms with van der Waals surface area (Å²) >= 11 is 12.0. The molecule has 1 aliphatic heterocycles. The number of aliphatic hydroxyl groups is 1. The molecule has 4 fully saturated rings. The van der Waals surface area contributed by atoms with Gasteiger partial charge in [0.2, 0.25) is 15.9 Å². The van der Waals surface area contributed by atoms with Crippen LogP contribution in [0.15, 0.2) is 23.1 Å². The molecule has 1 saturated heterocycles. The quantitative estimate of drug-likeness (QED) is 0.657. The fraction of sp³-hybridized carbons (Fsp3) is 0.696. The van der Waals surface area contributed by atoms with E-state index in [1.807, 2.05) is 0 Å². The number of rotatable bonds is 4. The van der Waals surface area contributed by atoms with Crippen LogP contribution < -0.4 is 5.32 Å². The molecule has 4 unspecified atom stereocenters. The van der Waals surface area contributed by atoms with Crippen molar-refractivity contribution >= 4 is 39.1 Å². The standard InChI is InChI=1S/C23H30Cl2N2O4S/c24-17-2-4-21(19(25)10-17)32(30,31)27-7-5-15(6-8-27)22(28)26-20-3-1-14-9-16-12-23(29,11-14)13-18(16)20/h2,4,10,14-16,18,20,29H,1,3,5-9,11-13H2,(H,26,28)/t14?,16-,18?,20?,23?/m1/s1. The molecule has 1 aromatic rings. The van der Waals surface area contributed by atoms with Crippen molar-refractivity contribution in [3.05, 3.63) is 28.2 Å². The number of hydrogen-bond donors (Lipinski definition) is 2. The van der Waals surface area contributed by atoms with Crippen LogP contribution in [0.2, 0.25) is 10.0 Å². The molecule has 5 atom stereocenters. The summed E-state index contributed by atoms with van der Waals surface area (Å²) in [7, 11) is -3.73. The van der Waals surface area contributed by atoms with Crippen molar-refractivity contribution in [3.63, 3.8) is 0 Å². The summed E-state index contributed by atoms with van der Waals surface area (Å²) < 4.78 is 27.4. The van der Waals surface area contributed by atoms with Gasteiger partial charge in [-0.25, -0.2) is 8.42 Å². The zero-order valence-electron chi connectivity index (χ0n) is 18.0. The van der Waals surface area contributed by atoms with E-state index in [0.29, 0.717) is 35.6 Å². The van der Waals surface area contributed by atoms with Gasteiger partial charge in [0.1, 0.15) is 4.90 Å². The fourth-order valence-electron chi connectivity index (χ4n) is 6.78. The Morgan fingerprint density at radius 2 is 1.84 bits per heavy atom. The van der Waals surface area contributed by atoms with E-state index >= 15 is 0 Å². The van der Waals surface area contributed by atoms with Crippen molar-refractivity contribution in [2.45, 2.75) is 67.9 Å². The van der Waals surface area contributed by atoms with Crippen molar-refractivity contribution in [1.82, 2.24) is 9.62 Å². The van der Waals surface area contributed by atoms with Crippen molar-refractivity contribution in [1.29, 1.82) is 0 Å². The molecule has 2 N–H and O–H groups in total. The lowest BCUT2D eigenvalue weighted by atomic mass is 9.77. The average molecular weight is 501 g/mol. The number of sulfonamides is 1. The number of piperidine rings is 1. The first-order valence-corrected chi connectivity index (χ1v) is 13.8. The number of halogens is 2. The first-order valence-electron chi connectivity index (χ1n) is 11.6. The van der Waals surface area contributed by atoms with Gasteiger partial charge < -0.3 is 10.4 Å². The van der Waals surface area contributed by atoms with Crippen molar-refractivity contribution in [2.75, 3.05) is 13.1 Å². The van der Waals surface area contributed by atoms with E-state index in [2.05, 4.69) is 5.32 Å². The summed E-state index contributed by atoms with van der Waals surface area (Å²) in [6.07, 6.45) is 6.82. The maximum absolute atomic E-state index is 13.1. The molecule has 0 aromatic heterocycles. The molecule has 0 spiro atoms. The van der Waals surface area contributed by atoms with Crippen molar-refractivity contribution in [2.24, 2.45) is 23.7 Å². The van der Waals surface area contributed by atoms with Crippen LogP contribution in [0.4, 0.5) is 0 Å². The van der Waals surface area contributed by atoms with Crippen molar-refractivity contribution < 1.29 is 18.3 Å². The van der Waals surface area contributed by atoms with Crippen LogP contribution in [0, 0.1) is 23.7 Å². The highest BCUT2D eigenvalue weighted by atomic mass is 35.5. The third-order valence-electron chi connectivity index (χ3n) is 8.23. The molecule has 5 rings (SSSR count). The van der Waals surface area contributed by atoms with Crippen LogP contribution in [0.25, 0.3) is 0 Å². The number of nitrogens with one attached hydrogen (secondary N) is 1. The number of hydrogen-bond acceptors (Lipinski definition) is 4. The second kappa shape index (κ2) is 8.42. The van der Waals surface area contributed by atoms with Gasteiger partial charge in [0.25, 0.3) is 0 Å². The van der Waals surface area contributed by atoms with E-state index in [4.69, 9.17) is 23.2 Å². The van der Waals surface area contributed by atoms with E-state index in [0.717, 1.165) is 32.1 Å². The van der Waals surface area contributed by atoms with Crippen LogP contribution >= 0.6 is 23.2 Å². The molecular weight excluding hydrogens is 471 g/mol. The predicted octanol–water partition coefficient (Wildman–Crippen LogP) is 3.84. The highest BCUT2D eigenvalue weighted by Crippen LogP contribution is 2.55. The van der Waals surface area contributed by atoms with Gasteiger partial charge in [-0.3, -0.25) is 4.79 Å². The lowest BCUT2D eigenvalue weighted by Crippen LogP contribution is -2.47. The Balaban J connectivity index is 1.21. The van der Waals surface area contributed by atoms with Crippen LogP contribution in [0.3, 0.4) is 0 Å². The number of carbonyl (C=O) groups is 1. The molecule has 1 aromatic carbocycles. The van der Waals surface area contributed by atoms with Crippen LogP contribution in [-0.2, 0) is 14.8 Å². The summed E-state index contributed by atoms with van der Waals surface area (Å²) in [6, 6.07) is 4.51. The lowest BCUT2D eigenvalue weighted by molar-refractivity contribution is -0.127. The van der Waals surface area contributed by atoms with Gasteiger partial charge in [-0.15, -0.1) is 0 Å². The molecule has 9 heteroatoms. The zero-order valence-corrected chi connectivity index (χ0v) is 20.3. The number of benzene rings is 1. The van der Waals surface area contributed by atoms with Gasteiger partial charge in [0.05, 0.1) is 10.6 Å². The van der Waals surface area contributed by atoms with Crippen LogP contribution in [0.5, 0.6) is 0 Å². The third kappa shape index (κ3) is 4.20. The fourth-order valence-corrected chi connectivity index (χ4v) is 9.00. The molecule has 32 heavy (non-hydrogen) atoms. The number of fused-ring (bicyclic) bond motifs is 2. The van der Waals surface area contributed by atoms with Gasteiger partial charge in [0.15, 0.2) is 0 Å².